The van der Waals surface area contributed by atoms with Gasteiger partial charge in [-0.2, -0.15) is 4.99 Å². The fourth-order valence-electron chi connectivity index (χ4n) is 6.14. The Balaban J connectivity index is 0.00000378. The van der Waals surface area contributed by atoms with Gasteiger partial charge in [0.1, 0.15) is 11.4 Å². The number of rotatable bonds is 13. The predicted octanol–water partition coefficient (Wildman–Crippen LogP) is 6.05. The molecule has 0 bridgehead atoms. The van der Waals surface area contributed by atoms with Crippen LogP contribution in [0.5, 0.6) is 11.5 Å². The molecule has 1 aromatic heterocycles. The first-order valence-corrected chi connectivity index (χ1v) is 17.0. The number of halogens is 2. The third-order valence-corrected chi connectivity index (χ3v) is 9.06. The number of carbonyl (C=O) groups is 3. The number of nitrogens with zero attached hydrogens (tertiary/aromatic N) is 6. The minimum absolute atomic E-state index is 0. The Kier molecular flexibility index (Phi) is 15.4. The van der Waals surface area contributed by atoms with E-state index in [-0.39, 0.29) is 59.5 Å². The molecule has 0 unspecified atom stereocenters. The maximum absolute atomic E-state index is 14.1. The number of nitrogens with one attached hydrogen (secondary N) is 1. The van der Waals surface area contributed by atoms with Gasteiger partial charge in [-0.15, -0.1) is 24.8 Å². The van der Waals surface area contributed by atoms with E-state index in [1.165, 1.54) is 16.9 Å². The lowest BCUT2D eigenvalue weighted by atomic mass is 9.98. The zero-order valence-corrected chi connectivity index (χ0v) is 32.6. The minimum Gasteiger partial charge on any atom is -0.494 e. The first-order valence-electron chi connectivity index (χ1n) is 17.0. The fraction of sp³-hybridized carbons (Fsp3) is 0.395. The molecule has 0 radical (unpaired) electrons. The fourth-order valence-corrected chi connectivity index (χ4v) is 6.14. The minimum atomic E-state index is -0.443. The molecule has 53 heavy (non-hydrogen) atoms. The quantitative estimate of drug-likeness (QED) is 0.0986. The number of hydrogen-bond donors (Lipinski definition) is 1. The molecule has 1 aliphatic heterocycles. The number of isocyanates is 1. The number of unbranched alkanes of at least 4 members (excludes halogenated alkanes) is 2. The van der Waals surface area contributed by atoms with Crippen LogP contribution in [-0.4, -0.2) is 117 Å². The van der Waals surface area contributed by atoms with Crippen LogP contribution in [0.25, 0.3) is 22.2 Å². The average molecular weight is 769 g/mol. The van der Waals surface area contributed by atoms with Gasteiger partial charge in [-0.25, -0.2) is 9.78 Å². The van der Waals surface area contributed by atoms with Crippen LogP contribution in [0, 0.1) is 6.92 Å². The Hall–Kier alpha value is -4.94. The van der Waals surface area contributed by atoms with Crippen LogP contribution < -0.4 is 14.4 Å². The number of imidazole rings is 1. The van der Waals surface area contributed by atoms with Crippen molar-refractivity contribution >= 4 is 71.0 Å². The molecular formula is C38H47Cl2N7O6. The van der Waals surface area contributed by atoms with E-state index >= 15 is 0 Å². The number of anilines is 1. The number of aromatic nitrogens is 2. The highest BCUT2D eigenvalue weighted by Crippen LogP contribution is 2.43. The Morgan fingerprint density at radius 2 is 1.68 bits per heavy atom. The molecule has 0 saturated carbocycles. The number of aryl methyl sites for hydroxylation is 1. The molecule has 284 valence electrons. The first kappa shape index (κ1) is 42.5. The number of carbonyl (C=O) groups excluding carboxylic acids is 4. The maximum Gasteiger partial charge on any atom is 0.289 e. The summed E-state index contributed by atoms with van der Waals surface area (Å²) in [5.74, 6) is 0.371. The molecule has 1 aliphatic rings. The number of aliphatic imine (C=N–C) groups is 1. The number of H-pyrrole nitrogens is 1. The van der Waals surface area contributed by atoms with Gasteiger partial charge in [0.25, 0.3) is 11.8 Å². The molecule has 13 nitrogen and oxygen atoms in total. The zero-order valence-electron chi connectivity index (χ0n) is 30.9. The molecule has 1 fully saturated rings. The van der Waals surface area contributed by atoms with E-state index in [1.54, 1.807) is 45.4 Å². The zero-order chi connectivity index (χ0) is 36.7. The number of piperazine rings is 1. The van der Waals surface area contributed by atoms with Crippen molar-refractivity contribution in [2.75, 3.05) is 73.0 Å². The number of likely N-dealkylation sites (N-methyl/N-ethyl adjacent to an activating group) is 1. The highest BCUT2D eigenvalue weighted by molar-refractivity contribution is 6.12. The van der Waals surface area contributed by atoms with E-state index in [2.05, 4.69) is 26.9 Å². The standard InChI is InChI=1S/C38H45N7O6.2ClH/c1-25-14-17-30(31(23-25)51-22-9-7-8-13-32(47)45-20-18-43(4)19-21-45)44(5)37(48)28-16-15-27(35(50-6)34(28)39-24-46)26-11-10-12-29-33(26)41-36(40-29)38(49)42(2)3;;/h10-12,14-17,23H,7-9,13,18-22H2,1-6H3,(H,40,41);2*1H. The second kappa shape index (κ2) is 19.2. The predicted molar refractivity (Wildman–Crippen MR) is 210 cm³/mol. The van der Waals surface area contributed by atoms with Crippen LogP contribution in [0.4, 0.5) is 11.4 Å². The number of benzene rings is 3. The number of hydrogen-bond acceptors (Lipinski definition) is 9. The van der Waals surface area contributed by atoms with Crippen molar-refractivity contribution in [1.29, 1.82) is 0 Å². The molecule has 15 heteroatoms. The summed E-state index contributed by atoms with van der Waals surface area (Å²) in [6.07, 6.45) is 4.48. The van der Waals surface area contributed by atoms with E-state index in [0.29, 0.717) is 46.6 Å². The molecule has 1 saturated heterocycles. The summed E-state index contributed by atoms with van der Waals surface area (Å²) in [6.45, 7) is 5.75. The average Bonchev–Trinajstić information content (AvgIpc) is 3.57. The molecule has 3 aromatic carbocycles. The highest BCUT2D eigenvalue weighted by atomic mass is 35.5. The lowest BCUT2D eigenvalue weighted by Crippen LogP contribution is -2.47. The Labute approximate surface area is 322 Å². The van der Waals surface area contributed by atoms with Gasteiger partial charge in [-0.1, -0.05) is 18.2 Å². The van der Waals surface area contributed by atoms with E-state index in [1.807, 2.05) is 42.2 Å². The van der Waals surface area contributed by atoms with Gasteiger partial charge in [0, 0.05) is 64.9 Å². The molecule has 0 aliphatic carbocycles. The van der Waals surface area contributed by atoms with Crippen molar-refractivity contribution in [2.45, 2.75) is 32.6 Å². The molecule has 0 atom stereocenters. The summed E-state index contributed by atoms with van der Waals surface area (Å²) in [7, 11) is 8.42. The monoisotopic (exact) mass is 767 g/mol. The van der Waals surface area contributed by atoms with Gasteiger partial charge >= 0.3 is 0 Å². The second-order valence-electron chi connectivity index (χ2n) is 12.9. The van der Waals surface area contributed by atoms with Crippen molar-refractivity contribution in [3.8, 4) is 22.6 Å². The van der Waals surface area contributed by atoms with Crippen LogP contribution in [0.1, 0.15) is 52.2 Å². The Morgan fingerprint density at radius 3 is 2.36 bits per heavy atom. The third-order valence-electron chi connectivity index (χ3n) is 9.06. The Morgan fingerprint density at radius 1 is 0.943 bits per heavy atom. The number of para-hydroxylation sites is 1. The number of amides is 3. The van der Waals surface area contributed by atoms with Gasteiger partial charge in [-0.3, -0.25) is 14.4 Å². The van der Waals surface area contributed by atoms with E-state index in [0.717, 1.165) is 51.0 Å². The molecule has 2 heterocycles. The molecule has 3 amide bonds. The van der Waals surface area contributed by atoms with Gasteiger partial charge < -0.3 is 34.1 Å². The molecule has 1 N–H and O–H groups in total. The largest absolute Gasteiger partial charge is 0.494 e. The number of fused-ring (bicyclic) bond motifs is 1. The van der Waals surface area contributed by atoms with Crippen molar-refractivity contribution in [1.82, 2.24) is 24.7 Å². The normalized spacial score (nSPS) is 12.6. The number of aromatic amines is 1. The Bertz CT molecular complexity index is 1970. The van der Waals surface area contributed by atoms with E-state index in [4.69, 9.17) is 9.47 Å². The summed E-state index contributed by atoms with van der Waals surface area (Å²) in [4.78, 5) is 69.6. The lowest BCUT2D eigenvalue weighted by molar-refractivity contribution is -0.132. The van der Waals surface area contributed by atoms with Crippen LogP contribution in [0.2, 0.25) is 0 Å². The summed E-state index contributed by atoms with van der Waals surface area (Å²) in [6, 6.07) is 14.3. The summed E-state index contributed by atoms with van der Waals surface area (Å²) >= 11 is 0. The van der Waals surface area contributed by atoms with Crippen LogP contribution >= 0.6 is 24.8 Å². The van der Waals surface area contributed by atoms with Crippen LogP contribution in [-0.2, 0) is 9.59 Å². The maximum atomic E-state index is 14.1. The summed E-state index contributed by atoms with van der Waals surface area (Å²) < 4.78 is 12.0. The third kappa shape index (κ3) is 9.74. The topological polar surface area (TPSA) is 141 Å². The smallest absolute Gasteiger partial charge is 0.289 e. The van der Waals surface area contributed by atoms with Gasteiger partial charge in [-0.05, 0) is 69.1 Å². The molecular weight excluding hydrogens is 721 g/mol. The van der Waals surface area contributed by atoms with Crippen molar-refractivity contribution < 1.29 is 28.7 Å². The number of ether oxygens (including phenoxy) is 2. The van der Waals surface area contributed by atoms with E-state index in [9.17, 15) is 19.2 Å². The summed E-state index contributed by atoms with van der Waals surface area (Å²) in [5, 5.41) is 0. The second-order valence-corrected chi connectivity index (χ2v) is 12.9. The first-order chi connectivity index (χ1) is 24.5. The van der Waals surface area contributed by atoms with Crippen LogP contribution in [0.3, 0.4) is 0 Å². The van der Waals surface area contributed by atoms with E-state index < -0.39 is 5.91 Å². The van der Waals surface area contributed by atoms with Crippen molar-refractivity contribution in [3.63, 3.8) is 0 Å². The van der Waals surface area contributed by atoms with Gasteiger partial charge in [0.05, 0.1) is 36.0 Å². The molecule has 4 aromatic rings. The SMILES string of the molecule is COc1c(-c2cccc3[nH]c(C(=O)N(C)C)nc23)ccc(C(=O)N(C)c2ccc(C)cc2OCCCCCC(=O)N2CCN(C)CC2)c1N=C=O.Cl.Cl. The lowest BCUT2D eigenvalue weighted by Gasteiger charge is -2.32. The van der Waals surface area contributed by atoms with Gasteiger partial charge in [0.2, 0.25) is 12.0 Å². The number of methoxy groups -OCH3 is 1. The molecule has 0 spiro atoms. The summed E-state index contributed by atoms with van der Waals surface area (Å²) in [5.41, 5.74) is 3.93. The van der Waals surface area contributed by atoms with Crippen LogP contribution in [0.15, 0.2) is 53.5 Å². The molecule has 5 rings (SSSR count). The van der Waals surface area contributed by atoms with Crippen molar-refractivity contribution in [3.05, 3.63) is 65.5 Å². The van der Waals surface area contributed by atoms with Gasteiger partial charge in [0.15, 0.2) is 11.6 Å². The van der Waals surface area contributed by atoms with Crippen molar-refractivity contribution in [2.24, 2.45) is 4.99 Å². The highest BCUT2D eigenvalue weighted by Gasteiger charge is 2.26.